The maximum Gasteiger partial charge on any atom is 0.257 e. The van der Waals surface area contributed by atoms with Gasteiger partial charge < -0.3 is 141 Å². The first-order valence-corrected chi connectivity index (χ1v) is 41.0. The number of likely N-dealkylation sites (tertiary alicyclic amines) is 2. The summed E-state index contributed by atoms with van der Waals surface area (Å²) in [6, 6.07) is 34.8. The Morgan fingerprint density at radius 1 is 0.392 bits per heavy atom. The first-order chi connectivity index (χ1) is 57.6. The maximum absolute atomic E-state index is 8.89. The van der Waals surface area contributed by atoms with Gasteiger partial charge in [-0.05, 0) is 92.1 Å². The number of aromatic nitrogens is 16. The SMILES string of the molecule is C[N+](C)(C)CCOc1nn2ccccc2c1N.C[N+]1(CCOc2nn3ccccc3c2N)CCCC1.C[N+]1(CCOc2nn3ccccc3c2N)CCCCC1.C[N+]1(CCOc2nn3ccccc3c2N)CCOCC1.Nc1c(NCCC[n+]2ccn(CCO)c2)nn2ccccc12.Nc1c(OCCn2cc[n+](CCO)c2)nn2ccccc12.[CH3-].[CH3-].[CH3-].[CH3-].[CH3-].[CH3-]. The molecule has 35 nitrogen and oxygen atoms in total. The highest BCUT2D eigenvalue weighted by Crippen LogP contribution is 2.31. The lowest BCUT2D eigenvalue weighted by molar-refractivity contribution is -0.916. The fraction of sp³-hybridized carbons (Fsp3) is 0.400. The number of aryl methyl sites for hydroxylation is 1. The van der Waals surface area contributed by atoms with Gasteiger partial charge in [-0.1, -0.05) is 36.4 Å². The molecule has 14 aromatic rings. The standard InChI is InChI=1S/C15H21N6O.C15H23N4O.C14H18N5O2.C14H21N4O2.C14H21N4O.C12H19N4O.6CH3/c16-14-13-4-1-2-7-21(13)18-15(14)17-5-3-6-19-8-9-20(12-19)10-11-22;1-19(9-5-2-6-10-19)11-12-20-15-14(16)13-7-3-4-8-18(13)17-15;15-13-12-3-1-2-4-19(12)16-14(13)21-10-8-18-6-5-17(11-18)7-9-20;1-18(6-9-19-10-7-18)8-11-20-14-13(15)12-4-2-3-5-17(12)16-14;1-18(8-4-5-9-18)10-11-19-14-13(15)12-6-2-3-7-17(12)16-14;1-16(2,3)8-9-17-12-11(13)10-6-4-5-7-15(10)14-12;;;;;;/h1-2,4,7-9,12,22H,3,5-6,10-11,16H2,(H,17,18);3-4,7-8H,2,5-6,9-12,16H2,1H3;1-6,11,20H,7-10,15H2;2-5H,6-11,15H2,1H3;2-3,6-7H,4-5,8-11,15H2,1H3;4-7H,8-9,13H2,1-3H3;6*1H3/q6*+1;6*-1. The van der Waals surface area contributed by atoms with E-state index in [4.69, 9.17) is 73.0 Å². The van der Waals surface area contributed by atoms with Gasteiger partial charge in [-0.15, -0.1) is 30.6 Å². The first kappa shape index (κ1) is 102. The highest BCUT2D eigenvalue weighted by molar-refractivity contribution is 5.81. The number of ether oxygens (including phenoxy) is 6. The van der Waals surface area contributed by atoms with E-state index in [0.717, 1.165) is 129 Å². The lowest BCUT2D eigenvalue weighted by atomic mass is 10.1. The number of anilines is 7. The molecule has 14 aromatic heterocycles. The van der Waals surface area contributed by atoms with Gasteiger partial charge in [0.2, 0.25) is 12.7 Å². The minimum absolute atomic E-state index is 0. The molecule has 3 aliphatic heterocycles. The molecule has 15 N–H and O–H groups in total. The number of piperidine rings is 1. The highest BCUT2D eigenvalue weighted by atomic mass is 16.5. The number of nitrogens with zero attached hydrogens (tertiary/aromatic N) is 20. The lowest BCUT2D eigenvalue weighted by Crippen LogP contribution is -2.53. The van der Waals surface area contributed by atoms with E-state index in [0.29, 0.717) is 116 Å². The van der Waals surface area contributed by atoms with Crippen LogP contribution in [-0.4, -0.2) is 269 Å². The summed E-state index contributed by atoms with van der Waals surface area (Å²) in [6.45, 7) is 19.6. The van der Waals surface area contributed by atoms with E-state index in [1.165, 1.54) is 58.3 Å². The van der Waals surface area contributed by atoms with Crippen LogP contribution in [0.25, 0.3) is 33.1 Å². The number of quaternary nitrogens is 4. The summed E-state index contributed by atoms with van der Waals surface area (Å²) in [6.07, 6.45) is 30.6. The Morgan fingerprint density at radius 2 is 0.712 bits per heavy atom. The van der Waals surface area contributed by atoms with E-state index in [1.807, 2.05) is 198 Å². The molecular formula is C90H141N27O8. The molecule has 0 saturated carbocycles. The van der Waals surface area contributed by atoms with E-state index in [2.05, 4.69) is 82.8 Å². The van der Waals surface area contributed by atoms with Gasteiger partial charge in [0.15, 0.2) is 5.82 Å². The Hall–Kier alpha value is -12.1. The zero-order valence-electron chi connectivity index (χ0n) is 75.8. The van der Waals surface area contributed by atoms with Crippen molar-refractivity contribution in [2.75, 3.05) is 213 Å². The predicted octanol–water partition coefficient (Wildman–Crippen LogP) is 8.51. The molecule has 0 unspecified atom stereocenters. The summed E-state index contributed by atoms with van der Waals surface area (Å²) in [5, 5.41) is 47.2. The molecule has 0 bridgehead atoms. The second-order valence-electron chi connectivity index (χ2n) is 32.1. The van der Waals surface area contributed by atoms with E-state index in [9.17, 15) is 0 Å². The summed E-state index contributed by atoms with van der Waals surface area (Å²) in [4.78, 5) is 0. The van der Waals surface area contributed by atoms with Gasteiger partial charge >= 0.3 is 0 Å². The van der Waals surface area contributed by atoms with Gasteiger partial charge in [0.25, 0.3) is 29.4 Å². The molecule has 125 heavy (non-hydrogen) atoms. The van der Waals surface area contributed by atoms with Crippen molar-refractivity contribution in [1.29, 1.82) is 0 Å². The number of nitrogens with one attached hydrogen (secondary N) is 1. The van der Waals surface area contributed by atoms with E-state index in [1.54, 1.807) is 27.1 Å². The Morgan fingerprint density at radius 3 is 1.06 bits per heavy atom. The van der Waals surface area contributed by atoms with E-state index >= 15 is 0 Å². The molecule has 0 atom stereocenters. The Labute approximate surface area is 737 Å². The van der Waals surface area contributed by atoms with Gasteiger partial charge in [-0.3, -0.25) is 0 Å². The van der Waals surface area contributed by atoms with Crippen LogP contribution >= 0.6 is 0 Å². The van der Waals surface area contributed by atoms with Crippen LogP contribution in [0.5, 0.6) is 29.4 Å². The van der Waals surface area contributed by atoms with Crippen molar-refractivity contribution >= 4 is 73.0 Å². The van der Waals surface area contributed by atoms with Crippen molar-refractivity contribution in [3.8, 4) is 29.4 Å². The normalized spacial score (nSPS) is 14.0. The van der Waals surface area contributed by atoms with Crippen LogP contribution in [0, 0.1) is 44.6 Å². The van der Waals surface area contributed by atoms with Crippen molar-refractivity contribution in [2.24, 2.45) is 0 Å². The third kappa shape index (κ3) is 27.9. The number of nitrogen functional groups attached to an aromatic ring is 6. The number of hydrogen-bond donors (Lipinski definition) is 9. The number of pyridine rings is 6. The van der Waals surface area contributed by atoms with Crippen molar-refractivity contribution in [3.05, 3.63) is 228 Å². The number of nitrogens with two attached hydrogens (primary N) is 6. The second kappa shape index (κ2) is 48.2. The minimum atomic E-state index is 0. The number of morpholine rings is 1. The molecule has 684 valence electrons. The van der Waals surface area contributed by atoms with Crippen LogP contribution in [0.15, 0.2) is 184 Å². The third-order valence-corrected chi connectivity index (χ3v) is 21.7. The smallest absolute Gasteiger partial charge is 0.257 e. The molecule has 0 aromatic carbocycles. The fourth-order valence-corrected chi connectivity index (χ4v) is 14.3. The number of rotatable bonds is 29. The van der Waals surface area contributed by atoms with Crippen molar-refractivity contribution < 1.29 is 65.7 Å². The van der Waals surface area contributed by atoms with Gasteiger partial charge in [-0.25, -0.2) is 45.4 Å². The van der Waals surface area contributed by atoms with Crippen LogP contribution < -0.4 is 72.5 Å². The summed E-state index contributed by atoms with van der Waals surface area (Å²) < 4.78 is 56.6. The largest absolute Gasteiger partial charge is 0.471 e. The summed E-state index contributed by atoms with van der Waals surface area (Å²) in [5.41, 5.74) is 45.3. The molecule has 17 heterocycles. The van der Waals surface area contributed by atoms with Crippen LogP contribution in [0.3, 0.4) is 0 Å². The lowest BCUT2D eigenvalue weighted by Gasteiger charge is -2.37. The number of aliphatic hydroxyl groups is 2. The first-order valence-electron chi connectivity index (χ1n) is 41.0. The fourth-order valence-electron chi connectivity index (χ4n) is 14.3. The van der Waals surface area contributed by atoms with Crippen molar-refractivity contribution in [2.45, 2.75) is 64.7 Å². The number of imidazole rings is 2. The van der Waals surface area contributed by atoms with Crippen LogP contribution in [0.4, 0.5) is 39.9 Å². The zero-order chi connectivity index (χ0) is 83.8. The van der Waals surface area contributed by atoms with Gasteiger partial charge in [0, 0.05) is 63.0 Å². The van der Waals surface area contributed by atoms with Crippen LogP contribution in [0.2, 0.25) is 0 Å². The predicted molar refractivity (Wildman–Crippen MR) is 499 cm³/mol. The molecular weight excluding hydrogens is 1590 g/mol. The van der Waals surface area contributed by atoms with Gasteiger partial charge in [0.05, 0.1) is 135 Å². The minimum Gasteiger partial charge on any atom is -0.471 e. The number of likely N-dealkylation sites (N-methyl/N-ethyl adjacent to an activating group) is 4. The Kier molecular flexibility index (Phi) is 39.2. The van der Waals surface area contributed by atoms with E-state index in [-0.39, 0.29) is 57.8 Å². The Bertz CT molecular complexity index is 5360. The molecule has 3 saturated heterocycles. The van der Waals surface area contributed by atoms with Gasteiger partial charge in [0.1, 0.15) is 151 Å². The van der Waals surface area contributed by atoms with Crippen LogP contribution in [0.1, 0.15) is 38.5 Å². The molecule has 17 rings (SSSR count). The van der Waals surface area contributed by atoms with Gasteiger partial charge in [-0.2, -0.15) is 0 Å². The number of aliphatic hydroxyl groups excluding tert-OH is 2. The zero-order valence-corrected chi connectivity index (χ0v) is 75.8. The third-order valence-electron chi connectivity index (χ3n) is 21.7. The Balaban J connectivity index is 0.000000230. The van der Waals surface area contributed by atoms with Crippen molar-refractivity contribution in [3.63, 3.8) is 0 Å². The summed E-state index contributed by atoms with van der Waals surface area (Å²) in [5.74, 6) is 3.34. The van der Waals surface area contributed by atoms with Crippen LogP contribution in [-0.2, 0) is 30.9 Å². The highest BCUT2D eigenvalue weighted by Gasteiger charge is 2.29. The average molecular weight is 1730 g/mol. The maximum atomic E-state index is 8.89. The topological polar surface area (TPSA) is 385 Å². The molecule has 0 spiro atoms. The molecule has 35 heteroatoms. The number of hydrogen-bond acceptors (Lipinski definition) is 21. The van der Waals surface area contributed by atoms with E-state index < -0.39 is 0 Å². The molecule has 0 radical (unpaired) electrons. The van der Waals surface area contributed by atoms with Crippen molar-refractivity contribution in [1.82, 2.24) is 66.8 Å². The number of fused-ring (bicyclic) bond motifs is 6. The molecule has 0 aliphatic carbocycles. The summed E-state index contributed by atoms with van der Waals surface area (Å²) >= 11 is 0. The molecule has 0 amide bonds. The monoisotopic (exact) mass is 1730 g/mol. The molecule has 3 aliphatic rings. The average Bonchev–Trinajstić information content (AvgIpc) is 1.71. The second-order valence-corrected chi connectivity index (χ2v) is 32.1. The molecule has 3 fully saturated rings. The quantitative estimate of drug-likeness (QED) is 0.00917. The summed E-state index contributed by atoms with van der Waals surface area (Å²) in [7, 11) is 13.2.